The van der Waals surface area contributed by atoms with Crippen molar-refractivity contribution in [2.24, 2.45) is 11.7 Å². The minimum absolute atomic E-state index is 0.0378. The summed E-state index contributed by atoms with van der Waals surface area (Å²) in [5.74, 6) is 0.370. The summed E-state index contributed by atoms with van der Waals surface area (Å²) in [6.07, 6.45) is 3.26. The quantitative estimate of drug-likeness (QED) is 0.807. The molecule has 1 atom stereocenters. The fraction of sp³-hybridized carbons (Fsp3) is 0.500. The number of ether oxygens (including phenoxy) is 1. The first-order valence-electron chi connectivity index (χ1n) is 9.23. The van der Waals surface area contributed by atoms with Gasteiger partial charge in [-0.05, 0) is 30.4 Å². The average molecular weight is 374 g/mol. The van der Waals surface area contributed by atoms with Gasteiger partial charge in [0.15, 0.2) is 5.13 Å². The third kappa shape index (κ3) is 3.82. The van der Waals surface area contributed by atoms with Crippen LogP contribution in [0, 0.1) is 5.92 Å². The van der Waals surface area contributed by atoms with Gasteiger partial charge >= 0.3 is 0 Å². The number of hydrogen-bond donors (Lipinski definition) is 2. The predicted molar refractivity (Wildman–Crippen MR) is 106 cm³/mol. The van der Waals surface area contributed by atoms with Crippen LogP contribution in [-0.4, -0.2) is 30.6 Å². The van der Waals surface area contributed by atoms with E-state index >= 15 is 0 Å². The Morgan fingerprint density at radius 3 is 2.88 bits per heavy atom. The zero-order chi connectivity index (χ0) is 18.6. The lowest BCUT2D eigenvalue weighted by Gasteiger charge is -2.42. The van der Waals surface area contributed by atoms with Gasteiger partial charge in [-0.2, -0.15) is 0 Å². The summed E-state index contributed by atoms with van der Waals surface area (Å²) in [7, 11) is 0. The maximum absolute atomic E-state index is 11.5. The van der Waals surface area contributed by atoms with E-state index in [4.69, 9.17) is 10.5 Å². The molecule has 1 fully saturated rings. The molecule has 1 aliphatic rings. The van der Waals surface area contributed by atoms with Crippen LogP contribution in [0.3, 0.4) is 0 Å². The van der Waals surface area contributed by atoms with E-state index < -0.39 is 0 Å². The van der Waals surface area contributed by atoms with Crippen LogP contribution in [0.15, 0.2) is 29.6 Å². The maximum atomic E-state index is 11.5. The van der Waals surface area contributed by atoms with E-state index in [1.54, 1.807) is 0 Å². The molecule has 1 saturated heterocycles. The van der Waals surface area contributed by atoms with Gasteiger partial charge in [0, 0.05) is 29.6 Å². The average Bonchev–Trinajstić information content (AvgIpc) is 3.16. The second-order valence-electron chi connectivity index (χ2n) is 6.95. The molecule has 0 aliphatic carbocycles. The van der Waals surface area contributed by atoms with Crippen molar-refractivity contribution in [3.05, 3.63) is 35.2 Å². The van der Waals surface area contributed by atoms with Gasteiger partial charge in [-0.15, -0.1) is 11.3 Å². The first kappa shape index (κ1) is 19.0. The van der Waals surface area contributed by atoms with Crippen LogP contribution in [0.4, 0.5) is 5.13 Å². The van der Waals surface area contributed by atoms with E-state index in [2.05, 4.69) is 48.4 Å². The highest BCUT2D eigenvalue weighted by Gasteiger charge is 2.38. The number of carbonyl (C=O) groups excluding carboxylic acids is 1. The van der Waals surface area contributed by atoms with E-state index in [9.17, 15) is 4.79 Å². The molecule has 1 aromatic heterocycles. The number of nitrogens with zero attached hydrogens (tertiary/aromatic N) is 1. The molecule has 0 saturated carbocycles. The van der Waals surface area contributed by atoms with Gasteiger partial charge in [-0.25, -0.2) is 4.98 Å². The minimum Gasteiger partial charge on any atom is -0.381 e. The highest BCUT2D eigenvalue weighted by molar-refractivity contribution is 7.14. The molecule has 1 unspecified atom stereocenters. The molecule has 6 heteroatoms. The van der Waals surface area contributed by atoms with E-state index in [1.165, 1.54) is 16.9 Å². The molecule has 0 spiro atoms. The number of anilines is 1. The Labute approximate surface area is 159 Å². The standard InChI is InChI=1S/C20H27N3O2S/c1-3-14(2)20(7-9-25-10-8-20)16-6-4-5-15(11-16)17-13-26-19(22-17)23-18(24)12-21/h4-6,11,13-14H,3,7-10,12,21H2,1-2H3,(H,22,23,24). The number of nitrogens with one attached hydrogen (secondary N) is 1. The second-order valence-corrected chi connectivity index (χ2v) is 7.81. The third-order valence-corrected chi connectivity index (χ3v) is 6.37. The smallest absolute Gasteiger partial charge is 0.239 e. The molecule has 3 rings (SSSR count). The van der Waals surface area contributed by atoms with Crippen molar-refractivity contribution >= 4 is 22.4 Å². The molecule has 1 aromatic carbocycles. The van der Waals surface area contributed by atoms with Gasteiger partial charge in [0.1, 0.15) is 0 Å². The van der Waals surface area contributed by atoms with Crippen LogP contribution in [0.2, 0.25) is 0 Å². The number of aromatic nitrogens is 1. The Balaban J connectivity index is 1.91. The molecule has 0 bridgehead atoms. The fourth-order valence-electron chi connectivity index (χ4n) is 3.81. The van der Waals surface area contributed by atoms with Crippen LogP contribution in [0.5, 0.6) is 0 Å². The number of carbonyl (C=O) groups is 1. The zero-order valence-electron chi connectivity index (χ0n) is 15.5. The first-order chi connectivity index (χ1) is 12.6. The van der Waals surface area contributed by atoms with E-state index in [-0.39, 0.29) is 17.9 Å². The molecule has 26 heavy (non-hydrogen) atoms. The Morgan fingerprint density at radius 1 is 1.42 bits per heavy atom. The topological polar surface area (TPSA) is 77.2 Å². The Bertz CT molecular complexity index is 753. The van der Waals surface area contributed by atoms with Crippen LogP contribution in [-0.2, 0) is 14.9 Å². The molecule has 2 heterocycles. The summed E-state index contributed by atoms with van der Waals surface area (Å²) >= 11 is 1.42. The second kappa shape index (κ2) is 8.29. The molecule has 2 aromatic rings. The Hall–Kier alpha value is -1.76. The number of rotatable bonds is 6. The minimum atomic E-state index is -0.224. The van der Waals surface area contributed by atoms with Crippen LogP contribution < -0.4 is 11.1 Å². The highest BCUT2D eigenvalue weighted by Crippen LogP contribution is 2.43. The summed E-state index contributed by atoms with van der Waals surface area (Å²) < 4.78 is 5.65. The highest BCUT2D eigenvalue weighted by atomic mass is 32.1. The lowest BCUT2D eigenvalue weighted by atomic mass is 9.65. The van der Waals surface area contributed by atoms with Gasteiger partial charge in [-0.3, -0.25) is 4.79 Å². The van der Waals surface area contributed by atoms with E-state index in [0.29, 0.717) is 11.0 Å². The SMILES string of the molecule is CCC(C)C1(c2cccc(-c3csc(NC(=O)CN)n3)c2)CCOCC1. The van der Waals surface area contributed by atoms with Crippen molar-refractivity contribution in [2.45, 2.75) is 38.5 Å². The van der Waals surface area contributed by atoms with Crippen LogP contribution >= 0.6 is 11.3 Å². The van der Waals surface area contributed by atoms with Gasteiger partial charge in [0.25, 0.3) is 0 Å². The van der Waals surface area contributed by atoms with Crippen LogP contribution in [0.25, 0.3) is 11.3 Å². The van der Waals surface area contributed by atoms with Crippen molar-refractivity contribution < 1.29 is 9.53 Å². The summed E-state index contributed by atoms with van der Waals surface area (Å²) in [5, 5.41) is 5.29. The van der Waals surface area contributed by atoms with Crippen molar-refractivity contribution in [1.29, 1.82) is 0 Å². The first-order valence-corrected chi connectivity index (χ1v) is 10.1. The number of benzene rings is 1. The lowest BCUT2D eigenvalue weighted by molar-refractivity contribution is -0.114. The largest absolute Gasteiger partial charge is 0.381 e. The Morgan fingerprint density at radius 2 is 2.19 bits per heavy atom. The van der Waals surface area contributed by atoms with Crippen molar-refractivity contribution in [2.75, 3.05) is 25.1 Å². The number of thiazole rings is 1. The molecular formula is C20H27N3O2S. The number of nitrogens with two attached hydrogens (primary N) is 1. The third-order valence-electron chi connectivity index (χ3n) is 5.61. The van der Waals surface area contributed by atoms with Gasteiger partial charge in [0.2, 0.25) is 5.91 Å². The molecule has 140 valence electrons. The Kier molecular flexibility index (Phi) is 6.06. The lowest BCUT2D eigenvalue weighted by Crippen LogP contribution is -2.39. The number of amides is 1. The van der Waals surface area contributed by atoms with E-state index in [0.717, 1.165) is 43.7 Å². The predicted octanol–water partition coefficient (Wildman–Crippen LogP) is 3.80. The monoisotopic (exact) mass is 373 g/mol. The summed E-state index contributed by atoms with van der Waals surface area (Å²) in [6, 6.07) is 8.70. The fourth-order valence-corrected chi connectivity index (χ4v) is 4.55. The maximum Gasteiger partial charge on any atom is 0.239 e. The van der Waals surface area contributed by atoms with E-state index in [1.807, 2.05) is 5.38 Å². The molecule has 5 nitrogen and oxygen atoms in total. The van der Waals surface area contributed by atoms with Crippen LogP contribution in [0.1, 0.15) is 38.7 Å². The van der Waals surface area contributed by atoms with Crippen molar-refractivity contribution in [3.63, 3.8) is 0 Å². The van der Waals surface area contributed by atoms with Gasteiger partial charge in [0.05, 0.1) is 12.2 Å². The summed E-state index contributed by atoms with van der Waals surface area (Å²) in [4.78, 5) is 16.0. The van der Waals surface area contributed by atoms with Crippen molar-refractivity contribution in [3.8, 4) is 11.3 Å². The molecule has 1 amide bonds. The van der Waals surface area contributed by atoms with Crippen molar-refractivity contribution in [1.82, 2.24) is 4.98 Å². The van der Waals surface area contributed by atoms with Gasteiger partial charge in [-0.1, -0.05) is 38.5 Å². The zero-order valence-corrected chi connectivity index (χ0v) is 16.3. The molecule has 1 aliphatic heterocycles. The molecule has 3 N–H and O–H groups in total. The number of hydrogen-bond acceptors (Lipinski definition) is 5. The van der Waals surface area contributed by atoms with Gasteiger partial charge < -0.3 is 15.8 Å². The summed E-state index contributed by atoms with van der Waals surface area (Å²) in [6.45, 7) is 6.21. The normalized spacial score (nSPS) is 17.7. The molecule has 0 radical (unpaired) electrons. The summed E-state index contributed by atoms with van der Waals surface area (Å²) in [5.41, 5.74) is 8.85. The molecular weight excluding hydrogens is 346 g/mol.